The van der Waals surface area contributed by atoms with Crippen molar-refractivity contribution in [2.75, 3.05) is 26.2 Å². The van der Waals surface area contributed by atoms with Crippen LogP contribution in [0.3, 0.4) is 0 Å². The number of likely N-dealkylation sites (tertiary alicyclic amines) is 1. The molecule has 1 saturated heterocycles. The van der Waals surface area contributed by atoms with Crippen molar-refractivity contribution in [2.45, 2.75) is 39.5 Å². The third-order valence-electron chi connectivity index (χ3n) is 4.11. The van der Waals surface area contributed by atoms with Crippen molar-refractivity contribution < 1.29 is 0 Å². The second-order valence-electron chi connectivity index (χ2n) is 5.75. The van der Waals surface area contributed by atoms with Crippen LogP contribution >= 0.6 is 0 Å². The van der Waals surface area contributed by atoms with E-state index in [1.807, 2.05) is 0 Å². The molecular formula is C16H26N2. The highest BCUT2D eigenvalue weighted by atomic mass is 15.1. The van der Waals surface area contributed by atoms with Crippen LogP contribution < -0.4 is 5.73 Å². The molecule has 1 atom stereocenters. The first kappa shape index (κ1) is 13.6. The SMILES string of the molecule is Cc1cc(C)c(C(CN)CN2CCCC2)c(C)c1. The van der Waals surface area contributed by atoms with Gasteiger partial charge in [-0.15, -0.1) is 0 Å². The second kappa shape index (κ2) is 5.85. The normalized spacial score (nSPS) is 18.2. The first-order valence-corrected chi connectivity index (χ1v) is 7.12. The van der Waals surface area contributed by atoms with Gasteiger partial charge in [0.1, 0.15) is 0 Å². The molecule has 2 heteroatoms. The molecule has 100 valence electrons. The van der Waals surface area contributed by atoms with Gasteiger partial charge in [-0.25, -0.2) is 0 Å². The molecule has 0 spiro atoms. The number of rotatable bonds is 4. The van der Waals surface area contributed by atoms with Crippen LogP contribution in [0.4, 0.5) is 0 Å². The van der Waals surface area contributed by atoms with E-state index in [0.29, 0.717) is 5.92 Å². The van der Waals surface area contributed by atoms with Crippen molar-refractivity contribution in [1.29, 1.82) is 0 Å². The maximum atomic E-state index is 6.03. The van der Waals surface area contributed by atoms with E-state index in [0.717, 1.165) is 13.1 Å². The van der Waals surface area contributed by atoms with Gasteiger partial charge in [0.25, 0.3) is 0 Å². The maximum absolute atomic E-state index is 6.03. The first-order chi connectivity index (χ1) is 8.61. The third kappa shape index (κ3) is 2.93. The largest absolute Gasteiger partial charge is 0.330 e. The molecule has 2 nitrogen and oxygen atoms in total. The van der Waals surface area contributed by atoms with E-state index in [1.54, 1.807) is 0 Å². The zero-order valence-electron chi connectivity index (χ0n) is 12.0. The van der Waals surface area contributed by atoms with Crippen molar-refractivity contribution in [2.24, 2.45) is 5.73 Å². The Hall–Kier alpha value is -0.860. The summed E-state index contributed by atoms with van der Waals surface area (Å²) in [4.78, 5) is 2.57. The molecule has 0 aliphatic carbocycles. The topological polar surface area (TPSA) is 29.3 Å². The van der Waals surface area contributed by atoms with E-state index in [1.165, 1.54) is 48.2 Å². The Labute approximate surface area is 111 Å². The minimum atomic E-state index is 0.490. The van der Waals surface area contributed by atoms with E-state index in [4.69, 9.17) is 5.73 Å². The van der Waals surface area contributed by atoms with Crippen molar-refractivity contribution in [3.05, 3.63) is 34.4 Å². The molecule has 0 radical (unpaired) electrons. The quantitative estimate of drug-likeness (QED) is 0.885. The lowest BCUT2D eigenvalue weighted by Gasteiger charge is -2.25. The second-order valence-corrected chi connectivity index (χ2v) is 5.75. The van der Waals surface area contributed by atoms with E-state index in [9.17, 15) is 0 Å². The molecule has 1 aliphatic rings. The number of benzene rings is 1. The summed E-state index contributed by atoms with van der Waals surface area (Å²) < 4.78 is 0. The molecule has 0 amide bonds. The Bertz CT molecular complexity index is 383. The van der Waals surface area contributed by atoms with E-state index in [-0.39, 0.29) is 0 Å². The summed E-state index contributed by atoms with van der Waals surface area (Å²) in [5, 5.41) is 0. The highest BCUT2D eigenvalue weighted by Crippen LogP contribution is 2.26. The third-order valence-corrected chi connectivity index (χ3v) is 4.11. The van der Waals surface area contributed by atoms with Gasteiger partial charge in [-0.2, -0.15) is 0 Å². The van der Waals surface area contributed by atoms with Crippen LogP contribution in [0.15, 0.2) is 12.1 Å². The fraction of sp³-hybridized carbons (Fsp3) is 0.625. The average molecular weight is 246 g/mol. The summed E-state index contributed by atoms with van der Waals surface area (Å²) in [7, 11) is 0. The summed E-state index contributed by atoms with van der Waals surface area (Å²) in [5.74, 6) is 0.490. The summed E-state index contributed by atoms with van der Waals surface area (Å²) in [6, 6.07) is 4.57. The molecule has 1 unspecified atom stereocenters. The Morgan fingerprint density at radius 2 is 1.67 bits per heavy atom. The summed E-state index contributed by atoms with van der Waals surface area (Å²) in [6.45, 7) is 11.0. The Morgan fingerprint density at radius 3 is 2.17 bits per heavy atom. The molecule has 0 bridgehead atoms. The lowest BCUT2D eigenvalue weighted by molar-refractivity contribution is 0.315. The van der Waals surface area contributed by atoms with Crippen LogP contribution in [0.5, 0.6) is 0 Å². The van der Waals surface area contributed by atoms with Crippen LogP contribution in [-0.2, 0) is 0 Å². The maximum Gasteiger partial charge on any atom is 0.00940 e. The fourth-order valence-corrected chi connectivity index (χ4v) is 3.40. The number of aryl methyl sites for hydroxylation is 3. The Kier molecular flexibility index (Phi) is 4.41. The molecule has 2 rings (SSSR count). The molecule has 1 aliphatic heterocycles. The minimum Gasteiger partial charge on any atom is -0.330 e. The zero-order valence-corrected chi connectivity index (χ0v) is 12.0. The van der Waals surface area contributed by atoms with Gasteiger partial charge < -0.3 is 10.6 Å². The van der Waals surface area contributed by atoms with Gasteiger partial charge in [0, 0.05) is 19.0 Å². The van der Waals surface area contributed by atoms with Gasteiger partial charge in [-0.05, 0) is 63.4 Å². The van der Waals surface area contributed by atoms with Gasteiger partial charge in [-0.1, -0.05) is 17.7 Å². The highest BCUT2D eigenvalue weighted by molar-refractivity contribution is 5.40. The molecule has 1 heterocycles. The fourth-order valence-electron chi connectivity index (χ4n) is 3.40. The van der Waals surface area contributed by atoms with Crippen LogP contribution in [0.1, 0.15) is 41.0 Å². The van der Waals surface area contributed by atoms with Crippen molar-refractivity contribution in [1.82, 2.24) is 4.90 Å². The number of nitrogens with zero attached hydrogens (tertiary/aromatic N) is 1. The number of nitrogens with two attached hydrogens (primary N) is 1. The Morgan fingerprint density at radius 1 is 1.11 bits per heavy atom. The van der Waals surface area contributed by atoms with Gasteiger partial charge in [0.2, 0.25) is 0 Å². The predicted molar refractivity (Wildman–Crippen MR) is 78.1 cm³/mol. The van der Waals surface area contributed by atoms with Gasteiger partial charge in [-0.3, -0.25) is 0 Å². The minimum absolute atomic E-state index is 0.490. The number of hydrogen-bond donors (Lipinski definition) is 1. The molecule has 1 aromatic rings. The van der Waals surface area contributed by atoms with Crippen LogP contribution in [0.25, 0.3) is 0 Å². The van der Waals surface area contributed by atoms with Crippen LogP contribution in [0, 0.1) is 20.8 Å². The molecule has 0 aromatic heterocycles. The molecular weight excluding hydrogens is 220 g/mol. The lowest BCUT2D eigenvalue weighted by atomic mass is 9.89. The molecule has 1 fully saturated rings. The summed E-state index contributed by atoms with van der Waals surface area (Å²) in [5.41, 5.74) is 11.7. The molecule has 2 N–H and O–H groups in total. The van der Waals surface area contributed by atoms with Crippen molar-refractivity contribution in [3.8, 4) is 0 Å². The van der Waals surface area contributed by atoms with Crippen molar-refractivity contribution >= 4 is 0 Å². The average Bonchev–Trinajstić information content (AvgIpc) is 2.79. The lowest BCUT2D eigenvalue weighted by Crippen LogP contribution is -2.30. The monoisotopic (exact) mass is 246 g/mol. The van der Waals surface area contributed by atoms with Crippen LogP contribution in [0.2, 0.25) is 0 Å². The van der Waals surface area contributed by atoms with Gasteiger partial charge >= 0.3 is 0 Å². The summed E-state index contributed by atoms with van der Waals surface area (Å²) in [6.07, 6.45) is 2.70. The first-order valence-electron chi connectivity index (χ1n) is 7.12. The van der Waals surface area contributed by atoms with Crippen LogP contribution in [-0.4, -0.2) is 31.1 Å². The predicted octanol–water partition coefficient (Wildman–Crippen LogP) is 2.75. The van der Waals surface area contributed by atoms with E-state index < -0.39 is 0 Å². The van der Waals surface area contributed by atoms with Crippen molar-refractivity contribution in [3.63, 3.8) is 0 Å². The summed E-state index contributed by atoms with van der Waals surface area (Å²) >= 11 is 0. The Balaban J connectivity index is 2.21. The smallest absolute Gasteiger partial charge is 0.00940 e. The van der Waals surface area contributed by atoms with E-state index >= 15 is 0 Å². The van der Waals surface area contributed by atoms with Gasteiger partial charge in [0.15, 0.2) is 0 Å². The van der Waals surface area contributed by atoms with Gasteiger partial charge in [0.05, 0.1) is 0 Å². The van der Waals surface area contributed by atoms with E-state index in [2.05, 4.69) is 37.8 Å². The standard InChI is InChI=1S/C16H26N2/c1-12-8-13(2)16(14(3)9-12)15(10-17)11-18-6-4-5-7-18/h8-9,15H,4-7,10-11,17H2,1-3H3. The molecule has 1 aromatic carbocycles. The molecule has 0 saturated carbocycles. The zero-order chi connectivity index (χ0) is 13.1. The number of hydrogen-bond acceptors (Lipinski definition) is 2. The molecule has 18 heavy (non-hydrogen) atoms. The highest BCUT2D eigenvalue weighted by Gasteiger charge is 2.20.